The number of carbonyl (C=O) groups is 2. The number of carbonyl (C=O) groups excluding carboxylic acids is 2. The molecule has 0 saturated carbocycles. The van der Waals surface area contributed by atoms with Gasteiger partial charge in [-0.2, -0.15) is 0 Å². The lowest BCUT2D eigenvalue weighted by Gasteiger charge is -2.24. The Kier molecular flexibility index (Phi) is 5.38. The summed E-state index contributed by atoms with van der Waals surface area (Å²) in [5.41, 5.74) is 0.910. The van der Waals surface area contributed by atoms with Crippen LogP contribution in [-0.4, -0.2) is 36.4 Å². The fraction of sp³-hybridized carbons (Fsp3) is 0.368. The first-order chi connectivity index (χ1) is 12.2. The van der Waals surface area contributed by atoms with E-state index >= 15 is 0 Å². The van der Waals surface area contributed by atoms with Crippen LogP contribution in [0.2, 0.25) is 0 Å². The average molecular weight is 342 g/mol. The number of rotatable bonds is 6. The molecule has 3 rings (SSSR count). The fourth-order valence-electron chi connectivity index (χ4n) is 3.06. The summed E-state index contributed by atoms with van der Waals surface area (Å²) in [4.78, 5) is 26.7. The van der Waals surface area contributed by atoms with E-state index in [0.29, 0.717) is 25.3 Å². The molecule has 1 saturated heterocycles. The molecule has 25 heavy (non-hydrogen) atoms. The van der Waals surface area contributed by atoms with Gasteiger partial charge in [-0.3, -0.25) is 9.59 Å². The Balaban J connectivity index is 1.57. The number of nitrogens with zero attached hydrogens (tertiary/aromatic N) is 1. The first-order valence-corrected chi connectivity index (χ1v) is 8.40. The number of hydrogen-bond donors (Lipinski definition) is 1. The van der Waals surface area contributed by atoms with Gasteiger partial charge in [-0.1, -0.05) is 12.1 Å². The zero-order valence-corrected chi connectivity index (χ0v) is 14.2. The minimum atomic E-state index is -0.402. The maximum Gasteiger partial charge on any atom is 0.243 e. The Morgan fingerprint density at radius 2 is 2.08 bits per heavy atom. The Hall–Kier alpha value is -2.76. The number of likely N-dealkylation sites (tertiary alicyclic amines) is 1. The predicted octanol–water partition coefficient (Wildman–Crippen LogP) is 2.14. The van der Waals surface area contributed by atoms with Crippen molar-refractivity contribution in [2.24, 2.45) is 0 Å². The highest BCUT2D eigenvalue weighted by molar-refractivity contribution is 5.89. The summed E-state index contributed by atoms with van der Waals surface area (Å²) in [6.07, 6.45) is 3.39. The Morgan fingerprint density at radius 3 is 2.76 bits per heavy atom. The molecule has 2 heterocycles. The van der Waals surface area contributed by atoms with Crippen LogP contribution in [0.15, 0.2) is 47.1 Å². The summed E-state index contributed by atoms with van der Waals surface area (Å²) in [6, 6.07) is 10.6. The van der Waals surface area contributed by atoms with E-state index < -0.39 is 6.04 Å². The summed E-state index contributed by atoms with van der Waals surface area (Å²) < 4.78 is 10.3. The smallest absolute Gasteiger partial charge is 0.243 e. The topological polar surface area (TPSA) is 71.8 Å². The summed E-state index contributed by atoms with van der Waals surface area (Å²) in [6.45, 7) is 0.955. The maximum absolute atomic E-state index is 12.6. The second-order valence-electron chi connectivity index (χ2n) is 6.07. The fourth-order valence-corrected chi connectivity index (χ4v) is 3.06. The van der Waals surface area contributed by atoms with Crippen molar-refractivity contribution in [1.29, 1.82) is 0 Å². The van der Waals surface area contributed by atoms with E-state index in [1.165, 1.54) is 0 Å². The lowest BCUT2D eigenvalue weighted by Crippen LogP contribution is -2.46. The van der Waals surface area contributed by atoms with E-state index in [1.54, 1.807) is 24.3 Å². The van der Waals surface area contributed by atoms with Gasteiger partial charge in [-0.25, -0.2) is 0 Å². The zero-order valence-electron chi connectivity index (χ0n) is 14.2. The summed E-state index contributed by atoms with van der Waals surface area (Å²) >= 11 is 0. The van der Waals surface area contributed by atoms with Crippen LogP contribution < -0.4 is 10.1 Å². The molecular weight excluding hydrogens is 320 g/mol. The molecule has 2 amide bonds. The number of nitrogens with one attached hydrogen (secondary N) is 1. The number of methoxy groups -OCH3 is 1. The molecule has 1 aliphatic rings. The van der Waals surface area contributed by atoms with Gasteiger partial charge in [0.05, 0.1) is 26.3 Å². The molecule has 2 aromatic rings. The van der Waals surface area contributed by atoms with Crippen LogP contribution in [0.4, 0.5) is 0 Å². The van der Waals surface area contributed by atoms with Gasteiger partial charge in [-0.05, 0) is 42.7 Å². The Morgan fingerprint density at radius 1 is 1.28 bits per heavy atom. The van der Waals surface area contributed by atoms with Gasteiger partial charge < -0.3 is 19.4 Å². The number of furan rings is 1. The van der Waals surface area contributed by atoms with Crippen molar-refractivity contribution in [2.45, 2.75) is 31.8 Å². The number of amides is 2. The SMILES string of the molecule is COc1ccc(CC(=O)N2CCC[C@H]2C(=O)NCc2ccco2)cc1. The number of ether oxygens (including phenoxy) is 1. The van der Waals surface area contributed by atoms with Gasteiger partial charge in [0.1, 0.15) is 17.6 Å². The van der Waals surface area contributed by atoms with Gasteiger partial charge in [0.25, 0.3) is 0 Å². The van der Waals surface area contributed by atoms with Crippen LogP contribution in [0, 0.1) is 0 Å². The quantitative estimate of drug-likeness (QED) is 0.873. The van der Waals surface area contributed by atoms with Gasteiger partial charge in [0.15, 0.2) is 0 Å². The minimum absolute atomic E-state index is 0.0270. The number of benzene rings is 1. The normalized spacial score (nSPS) is 16.7. The van der Waals surface area contributed by atoms with Crippen molar-refractivity contribution in [2.75, 3.05) is 13.7 Å². The van der Waals surface area contributed by atoms with Crippen molar-refractivity contribution in [3.63, 3.8) is 0 Å². The molecule has 6 nitrogen and oxygen atoms in total. The summed E-state index contributed by atoms with van der Waals surface area (Å²) in [5, 5.41) is 2.85. The Bertz CT molecular complexity index is 710. The molecule has 6 heteroatoms. The minimum Gasteiger partial charge on any atom is -0.497 e. The van der Waals surface area contributed by atoms with Crippen molar-refractivity contribution in [1.82, 2.24) is 10.2 Å². The standard InChI is InChI=1S/C19H22N2O4/c1-24-15-8-6-14(7-9-15)12-18(22)21-10-2-5-17(21)19(23)20-13-16-4-3-11-25-16/h3-4,6-9,11,17H,2,5,10,12-13H2,1H3,(H,20,23)/t17-/m0/s1. The van der Waals surface area contributed by atoms with Crippen molar-refractivity contribution >= 4 is 11.8 Å². The van der Waals surface area contributed by atoms with Crippen LogP contribution >= 0.6 is 0 Å². The van der Waals surface area contributed by atoms with Crippen LogP contribution in [0.25, 0.3) is 0 Å². The maximum atomic E-state index is 12.6. The average Bonchev–Trinajstić information content (AvgIpc) is 3.32. The zero-order chi connectivity index (χ0) is 17.6. The van der Waals surface area contributed by atoms with Crippen molar-refractivity contribution in [3.8, 4) is 5.75 Å². The Labute approximate surface area is 146 Å². The third-order valence-electron chi connectivity index (χ3n) is 4.41. The van der Waals surface area contributed by atoms with E-state index in [0.717, 1.165) is 17.7 Å². The van der Waals surface area contributed by atoms with Gasteiger partial charge in [-0.15, -0.1) is 0 Å². The first-order valence-electron chi connectivity index (χ1n) is 8.40. The molecule has 1 aromatic carbocycles. The van der Waals surface area contributed by atoms with Crippen LogP contribution in [-0.2, 0) is 22.6 Å². The van der Waals surface area contributed by atoms with E-state index in [9.17, 15) is 9.59 Å². The highest BCUT2D eigenvalue weighted by Crippen LogP contribution is 2.20. The van der Waals surface area contributed by atoms with E-state index in [-0.39, 0.29) is 18.2 Å². The van der Waals surface area contributed by atoms with Gasteiger partial charge in [0.2, 0.25) is 11.8 Å². The van der Waals surface area contributed by atoms with E-state index in [1.807, 2.05) is 30.3 Å². The molecule has 1 N–H and O–H groups in total. The van der Waals surface area contributed by atoms with Crippen LogP contribution in [0.5, 0.6) is 5.75 Å². The highest BCUT2D eigenvalue weighted by Gasteiger charge is 2.33. The van der Waals surface area contributed by atoms with E-state index in [2.05, 4.69) is 5.32 Å². The second kappa shape index (κ2) is 7.88. The van der Waals surface area contributed by atoms with Crippen molar-refractivity contribution < 1.29 is 18.7 Å². The molecule has 0 radical (unpaired) electrons. The monoisotopic (exact) mass is 342 g/mol. The predicted molar refractivity (Wildman–Crippen MR) is 92.0 cm³/mol. The largest absolute Gasteiger partial charge is 0.497 e. The van der Waals surface area contributed by atoms with Gasteiger partial charge >= 0.3 is 0 Å². The highest BCUT2D eigenvalue weighted by atomic mass is 16.5. The van der Waals surface area contributed by atoms with Crippen LogP contribution in [0.1, 0.15) is 24.2 Å². The molecule has 0 bridgehead atoms. The summed E-state index contributed by atoms with van der Waals surface area (Å²) in [5.74, 6) is 1.30. The molecule has 1 atom stereocenters. The van der Waals surface area contributed by atoms with Gasteiger partial charge in [0, 0.05) is 6.54 Å². The molecule has 0 spiro atoms. The van der Waals surface area contributed by atoms with E-state index in [4.69, 9.17) is 9.15 Å². The molecule has 1 fully saturated rings. The molecular formula is C19H22N2O4. The molecule has 1 aliphatic heterocycles. The molecule has 0 unspecified atom stereocenters. The molecule has 0 aliphatic carbocycles. The lowest BCUT2D eigenvalue weighted by atomic mass is 10.1. The molecule has 1 aromatic heterocycles. The number of hydrogen-bond acceptors (Lipinski definition) is 4. The summed E-state index contributed by atoms with van der Waals surface area (Å²) in [7, 11) is 1.61. The third-order valence-corrected chi connectivity index (χ3v) is 4.41. The second-order valence-corrected chi connectivity index (χ2v) is 6.07. The lowest BCUT2D eigenvalue weighted by molar-refractivity contribution is -0.138. The van der Waals surface area contributed by atoms with Crippen molar-refractivity contribution in [3.05, 3.63) is 54.0 Å². The van der Waals surface area contributed by atoms with Crippen LogP contribution in [0.3, 0.4) is 0 Å². The molecule has 132 valence electrons. The third kappa shape index (κ3) is 4.21. The first kappa shape index (κ1) is 17.1.